The van der Waals surface area contributed by atoms with Crippen LogP contribution in [0.2, 0.25) is 0 Å². The second kappa shape index (κ2) is 6.24. The lowest BCUT2D eigenvalue weighted by atomic mass is 9.80. The van der Waals surface area contributed by atoms with Gasteiger partial charge < -0.3 is 4.74 Å². The molecule has 0 amide bonds. The number of benzene rings is 1. The molecule has 2 nitrogen and oxygen atoms in total. The Hall–Kier alpha value is -1.57. The average Bonchev–Trinajstić information content (AvgIpc) is 2.37. The molecular weight excluding hydrogens is 212 g/mol. The van der Waals surface area contributed by atoms with Crippen LogP contribution >= 0.6 is 0 Å². The zero-order valence-electron chi connectivity index (χ0n) is 10.8. The molecule has 1 unspecified atom stereocenters. The van der Waals surface area contributed by atoms with Crippen molar-refractivity contribution in [3.05, 3.63) is 48.0 Å². The highest BCUT2D eigenvalue weighted by Crippen LogP contribution is 2.28. The Labute approximate surface area is 103 Å². The van der Waals surface area contributed by atoms with Gasteiger partial charge in [-0.15, -0.1) is 0 Å². The van der Waals surface area contributed by atoms with Gasteiger partial charge >= 0.3 is 5.97 Å². The molecule has 1 aromatic carbocycles. The van der Waals surface area contributed by atoms with Gasteiger partial charge in [0.1, 0.15) is 0 Å². The number of hydrogen-bond acceptors (Lipinski definition) is 2. The van der Waals surface area contributed by atoms with Crippen LogP contribution in [-0.2, 0) is 14.9 Å². The monoisotopic (exact) mass is 232 g/mol. The Morgan fingerprint density at radius 3 is 2.47 bits per heavy atom. The van der Waals surface area contributed by atoms with Gasteiger partial charge in [0.2, 0.25) is 0 Å². The molecule has 0 spiro atoms. The Morgan fingerprint density at radius 1 is 1.29 bits per heavy atom. The number of ether oxygens (including phenoxy) is 1. The van der Waals surface area contributed by atoms with Gasteiger partial charge in [-0.1, -0.05) is 50.3 Å². The van der Waals surface area contributed by atoms with Crippen molar-refractivity contribution in [1.29, 1.82) is 0 Å². The fourth-order valence-corrected chi connectivity index (χ4v) is 1.68. The molecule has 92 valence electrons. The van der Waals surface area contributed by atoms with Gasteiger partial charge in [0, 0.05) is 11.5 Å². The minimum absolute atomic E-state index is 0.117. The molecule has 17 heavy (non-hydrogen) atoms. The molecule has 0 bridgehead atoms. The first-order valence-electron chi connectivity index (χ1n) is 6.04. The predicted molar refractivity (Wildman–Crippen MR) is 69.9 cm³/mol. The van der Waals surface area contributed by atoms with E-state index in [1.807, 2.05) is 31.2 Å². The second-order valence-corrected chi connectivity index (χ2v) is 4.22. The molecule has 2 heteroatoms. The topological polar surface area (TPSA) is 26.3 Å². The van der Waals surface area contributed by atoms with Crippen molar-refractivity contribution in [2.24, 2.45) is 0 Å². The summed E-state index contributed by atoms with van der Waals surface area (Å²) in [5, 5.41) is 0. The van der Waals surface area contributed by atoms with Crippen molar-refractivity contribution in [2.75, 3.05) is 6.61 Å². The van der Waals surface area contributed by atoms with E-state index in [2.05, 4.69) is 26.0 Å². The summed E-state index contributed by atoms with van der Waals surface area (Å²) < 4.78 is 4.89. The first kappa shape index (κ1) is 13.5. The fraction of sp³-hybridized carbons (Fsp3) is 0.400. The van der Waals surface area contributed by atoms with E-state index in [4.69, 9.17) is 4.74 Å². The van der Waals surface area contributed by atoms with Crippen LogP contribution in [0.5, 0.6) is 0 Å². The largest absolute Gasteiger partial charge is 0.463 e. The van der Waals surface area contributed by atoms with Crippen LogP contribution in [0.15, 0.2) is 42.5 Å². The predicted octanol–water partition coefficient (Wildman–Crippen LogP) is 3.47. The average molecular weight is 232 g/mol. The lowest BCUT2D eigenvalue weighted by molar-refractivity contribution is -0.137. The lowest BCUT2D eigenvalue weighted by Gasteiger charge is -2.24. The van der Waals surface area contributed by atoms with Crippen molar-refractivity contribution in [3.63, 3.8) is 0 Å². The highest BCUT2D eigenvalue weighted by molar-refractivity contribution is 5.82. The van der Waals surface area contributed by atoms with Gasteiger partial charge in [-0.25, -0.2) is 4.79 Å². The van der Waals surface area contributed by atoms with Gasteiger partial charge in [0.15, 0.2) is 0 Å². The van der Waals surface area contributed by atoms with Gasteiger partial charge in [-0.05, 0) is 18.9 Å². The minimum atomic E-state index is -0.275. The minimum Gasteiger partial charge on any atom is -0.463 e. The molecule has 0 radical (unpaired) electrons. The van der Waals surface area contributed by atoms with Crippen LogP contribution in [-0.4, -0.2) is 12.6 Å². The quantitative estimate of drug-likeness (QED) is 0.574. The van der Waals surface area contributed by atoms with Crippen LogP contribution < -0.4 is 0 Å². The fourth-order valence-electron chi connectivity index (χ4n) is 1.68. The maximum absolute atomic E-state index is 11.3. The molecule has 0 aromatic heterocycles. The summed E-state index contributed by atoms with van der Waals surface area (Å²) in [6.45, 7) is 6.46. The van der Waals surface area contributed by atoms with Gasteiger partial charge in [-0.2, -0.15) is 0 Å². The Balaban J connectivity index is 2.86. The zero-order valence-corrected chi connectivity index (χ0v) is 10.8. The molecule has 0 aliphatic rings. The Morgan fingerprint density at radius 2 is 1.94 bits per heavy atom. The van der Waals surface area contributed by atoms with Crippen LogP contribution in [0, 0.1) is 0 Å². The summed E-state index contributed by atoms with van der Waals surface area (Å²) in [4.78, 5) is 11.3. The third-order valence-corrected chi connectivity index (χ3v) is 3.04. The van der Waals surface area contributed by atoms with E-state index >= 15 is 0 Å². The van der Waals surface area contributed by atoms with Crippen molar-refractivity contribution in [2.45, 2.75) is 32.6 Å². The SMILES string of the molecule is CCOC(=O)C=CC(C)(CC)c1ccccc1. The van der Waals surface area contributed by atoms with Crippen molar-refractivity contribution in [3.8, 4) is 0 Å². The van der Waals surface area contributed by atoms with E-state index < -0.39 is 0 Å². The second-order valence-electron chi connectivity index (χ2n) is 4.22. The molecule has 0 N–H and O–H groups in total. The Kier molecular flexibility index (Phi) is 4.95. The first-order chi connectivity index (χ1) is 8.12. The lowest BCUT2D eigenvalue weighted by Crippen LogP contribution is -2.18. The smallest absolute Gasteiger partial charge is 0.330 e. The molecular formula is C15H20O2. The summed E-state index contributed by atoms with van der Waals surface area (Å²) in [7, 11) is 0. The van der Waals surface area contributed by atoms with Crippen molar-refractivity contribution in [1.82, 2.24) is 0 Å². The summed E-state index contributed by atoms with van der Waals surface area (Å²) in [5.41, 5.74) is 1.09. The van der Waals surface area contributed by atoms with Gasteiger partial charge in [0.25, 0.3) is 0 Å². The highest BCUT2D eigenvalue weighted by Gasteiger charge is 2.21. The van der Waals surface area contributed by atoms with Gasteiger partial charge in [0.05, 0.1) is 6.61 Å². The number of allylic oxidation sites excluding steroid dienone is 1. The third-order valence-electron chi connectivity index (χ3n) is 3.04. The van der Waals surface area contributed by atoms with Crippen LogP contribution in [0.1, 0.15) is 32.8 Å². The summed E-state index contributed by atoms with van der Waals surface area (Å²) in [5.74, 6) is -0.275. The number of esters is 1. The van der Waals surface area contributed by atoms with E-state index in [0.29, 0.717) is 6.61 Å². The number of hydrogen-bond donors (Lipinski definition) is 0. The third kappa shape index (κ3) is 3.74. The molecule has 0 aliphatic heterocycles. The van der Waals surface area contributed by atoms with E-state index in [1.165, 1.54) is 11.6 Å². The van der Waals surface area contributed by atoms with Crippen LogP contribution in [0.25, 0.3) is 0 Å². The first-order valence-corrected chi connectivity index (χ1v) is 6.04. The van der Waals surface area contributed by atoms with E-state index in [9.17, 15) is 4.79 Å². The van der Waals surface area contributed by atoms with E-state index in [-0.39, 0.29) is 11.4 Å². The highest BCUT2D eigenvalue weighted by atomic mass is 16.5. The Bertz CT molecular complexity index is 381. The maximum Gasteiger partial charge on any atom is 0.330 e. The normalized spacial score (nSPS) is 14.5. The number of carbonyl (C=O) groups is 1. The number of rotatable bonds is 5. The molecule has 0 saturated carbocycles. The van der Waals surface area contributed by atoms with Gasteiger partial charge in [-0.3, -0.25) is 0 Å². The molecule has 1 atom stereocenters. The zero-order chi connectivity index (χ0) is 12.7. The summed E-state index contributed by atoms with van der Waals surface area (Å²) >= 11 is 0. The molecule has 0 saturated heterocycles. The van der Waals surface area contributed by atoms with Crippen LogP contribution in [0.4, 0.5) is 0 Å². The molecule has 0 fully saturated rings. The summed E-state index contributed by atoms with van der Waals surface area (Å²) in [6, 6.07) is 10.2. The van der Waals surface area contributed by atoms with Crippen molar-refractivity contribution < 1.29 is 9.53 Å². The maximum atomic E-state index is 11.3. The standard InChI is InChI=1S/C15H20O2/c1-4-15(3,12-11-14(16)17-5-2)13-9-7-6-8-10-13/h6-12H,4-5H2,1-3H3. The number of carbonyl (C=O) groups excluding carboxylic acids is 1. The van der Waals surface area contributed by atoms with E-state index in [1.54, 1.807) is 0 Å². The van der Waals surface area contributed by atoms with Crippen molar-refractivity contribution >= 4 is 5.97 Å². The molecule has 0 aliphatic carbocycles. The molecule has 0 heterocycles. The van der Waals surface area contributed by atoms with E-state index in [0.717, 1.165) is 6.42 Å². The molecule has 1 rings (SSSR count). The molecule has 1 aromatic rings. The summed E-state index contributed by atoms with van der Waals surface area (Å²) in [6.07, 6.45) is 4.40. The van der Waals surface area contributed by atoms with Crippen LogP contribution in [0.3, 0.4) is 0 Å².